The van der Waals surface area contributed by atoms with Crippen LogP contribution in [0.3, 0.4) is 0 Å². The van der Waals surface area contributed by atoms with Crippen LogP contribution in [0.5, 0.6) is 0 Å². The third kappa shape index (κ3) is 1.60. The summed E-state index contributed by atoms with van der Waals surface area (Å²) in [6.07, 6.45) is 1.11. The summed E-state index contributed by atoms with van der Waals surface area (Å²) in [6.45, 7) is 1.83. The molecule has 3 heteroatoms. The topological polar surface area (TPSA) is 38.3 Å². The molecule has 3 nitrogen and oxygen atoms in total. The van der Waals surface area contributed by atoms with Gasteiger partial charge in [0.15, 0.2) is 0 Å². The Kier molecular flexibility index (Phi) is 2.29. The van der Waals surface area contributed by atoms with E-state index in [-0.39, 0.29) is 12.0 Å². The van der Waals surface area contributed by atoms with E-state index in [4.69, 9.17) is 4.74 Å². The number of hydrogen-bond acceptors (Lipinski definition) is 2. The fourth-order valence-corrected chi connectivity index (χ4v) is 1.09. The summed E-state index contributed by atoms with van der Waals surface area (Å²) in [5.41, 5.74) is 1.94. The first-order valence-electron chi connectivity index (χ1n) is 3.65. The number of likely N-dealkylation sites (N-methyl/N-ethyl adjacent to an activating group) is 1. The lowest BCUT2D eigenvalue weighted by atomic mass is 10.2. The lowest BCUT2D eigenvalue weighted by Crippen LogP contribution is -2.18. The van der Waals surface area contributed by atoms with Crippen molar-refractivity contribution in [2.75, 3.05) is 14.2 Å². The Labute approximate surface area is 66.4 Å². The maximum absolute atomic E-state index is 11.0. The third-order valence-corrected chi connectivity index (χ3v) is 1.97. The molecule has 1 aliphatic carbocycles. The number of hydrogen-bond donors (Lipinski definition) is 1. The van der Waals surface area contributed by atoms with Crippen LogP contribution < -0.4 is 5.32 Å². The van der Waals surface area contributed by atoms with Crippen molar-refractivity contribution in [3.63, 3.8) is 0 Å². The Morgan fingerprint density at radius 3 is 2.73 bits per heavy atom. The van der Waals surface area contributed by atoms with E-state index >= 15 is 0 Å². The van der Waals surface area contributed by atoms with E-state index in [0.29, 0.717) is 0 Å². The van der Waals surface area contributed by atoms with Crippen LogP contribution in [0.1, 0.15) is 13.3 Å². The normalized spacial score (nSPS) is 26.3. The van der Waals surface area contributed by atoms with Gasteiger partial charge in [-0.15, -0.1) is 0 Å². The number of nitrogens with one attached hydrogen (secondary N) is 1. The fraction of sp³-hybridized carbons (Fsp3) is 0.625. The van der Waals surface area contributed by atoms with E-state index < -0.39 is 0 Å². The van der Waals surface area contributed by atoms with E-state index in [0.717, 1.165) is 17.6 Å². The van der Waals surface area contributed by atoms with Crippen molar-refractivity contribution in [3.8, 4) is 0 Å². The van der Waals surface area contributed by atoms with Gasteiger partial charge in [-0.2, -0.15) is 0 Å². The van der Waals surface area contributed by atoms with Gasteiger partial charge in [0, 0.05) is 26.2 Å². The zero-order valence-corrected chi connectivity index (χ0v) is 7.10. The molecule has 1 unspecified atom stereocenters. The van der Waals surface area contributed by atoms with Crippen LogP contribution in [-0.4, -0.2) is 26.2 Å². The summed E-state index contributed by atoms with van der Waals surface area (Å²) in [5, 5.41) is 2.58. The molecule has 62 valence electrons. The molecule has 0 radical (unpaired) electrons. The molecular weight excluding hydrogens is 142 g/mol. The lowest BCUT2D eigenvalue weighted by molar-refractivity contribution is -0.117. The molecule has 1 aliphatic rings. The summed E-state index contributed by atoms with van der Waals surface area (Å²) in [7, 11) is 3.30. The SMILES string of the molecule is CNC(=O)C(C)=C1CC1OC. The predicted octanol–water partition coefficient (Wildman–Crippen LogP) is 0.468. The smallest absolute Gasteiger partial charge is 0.246 e. The molecule has 0 aromatic rings. The highest BCUT2D eigenvalue weighted by atomic mass is 16.5. The Morgan fingerprint density at radius 1 is 1.73 bits per heavy atom. The maximum Gasteiger partial charge on any atom is 0.246 e. The molecule has 1 N–H and O–H groups in total. The zero-order valence-electron chi connectivity index (χ0n) is 7.10. The third-order valence-electron chi connectivity index (χ3n) is 1.97. The average molecular weight is 155 g/mol. The molecule has 0 aromatic carbocycles. The monoisotopic (exact) mass is 155 g/mol. The van der Waals surface area contributed by atoms with Gasteiger partial charge in [0.25, 0.3) is 0 Å². The molecule has 0 saturated heterocycles. The van der Waals surface area contributed by atoms with Gasteiger partial charge in [-0.3, -0.25) is 4.79 Å². The number of carbonyl (C=O) groups is 1. The second kappa shape index (κ2) is 3.05. The van der Waals surface area contributed by atoms with Crippen LogP contribution >= 0.6 is 0 Å². The second-order valence-corrected chi connectivity index (χ2v) is 2.66. The van der Waals surface area contributed by atoms with E-state index in [1.165, 1.54) is 0 Å². The summed E-state index contributed by atoms with van der Waals surface area (Å²) in [5.74, 6) is -0.000417. The molecule has 0 heterocycles. The van der Waals surface area contributed by atoms with Crippen molar-refractivity contribution in [3.05, 3.63) is 11.1 Å². The predicted molar refractivity (Wildman–Crippen MR) is 42.2 cm³/mol. The van der Waals surface area contributed by atoms with Crippen molar-refractivity contribution in [2.24, 2.45) is 0 Å². The molecule has 1 fully saturated rings. The van der Waals surface area contributed by atoms with Crippen molar-refractivity contribution in [1.82, 2.24) is 5.32 Å². The molecule has 11 heavy (non-hydrogen) atoms. The molecule has 0 spiro atoms. The van der Waals surface area contributed by atoms with Crippen LogP contribution in [0.4, 0.5) is 0 Å². The van der Waals surface area contributed by atoms with Gasteiger partial charge in [0.05, 0.1) is 6.10 Å². The van der Waals surface area contributed by atoms with E-state index in [9.17, 15) is 4.79 Å². The minimum atomic E-state index is -0.000417. The Morgan fingerprint density at radius 2 is 2.36 bits per heavy atom. The van der Waals surface area contributed by atoms with Crippen LogP contribution in [0.2, 0.25) is 0 Å². The summed E-state index contributed by atoms with van der Waals surface area (Å²) in [6, 6.07) is 0. The maximum atomic E-state index is 11.0. The summed E-state index contributed by atoms with van der Waals surface area (Å²) in [4.78, 5) is 11.0. The first-order chi connectivity index (χ1) is 5.20. The number of carbonyl (C=O) groups excluding carboxylic acids is 1. The minimum absolute atomic E-state index is 0.000417. The highest BCUT2D eigenvalue weighted by Gasteiger charge is 2.33. The number of amides is 1. The van der Waals surface area contributed by atoms with Crippen molar-refractivity contribution in [1.29, 1.82) is 0 Å². The van der Waals surface area contributed by atoms with E-state index in [1.807, 2.05) is 6.92 Å². The van der Waals surface area contributed by atoms with E-state index in [1.54, 1.807) is 14.2 Å². The van der Waals surface area contributed by atoms with Crippen molar-refractivity contribution >= 4 is 5.91 Å². The molecule has 0 aromatic heterocycles. The van der Waals surface area contributed by atoms with Crippen LogP contribution in [0.15, 0.2) is 11.1 Å². The van der Waals surface area contributed by atoms with E-state index in [2.05, 4.69) is 5.32 Å². The Hall–Kier alpha value is -0.830. The molecular formula is C8H13NO2. The summed E-state index contributed by atoms with van der Waals surface area (Å²) >= 11 is 0. The largest absolute Gasteiger partial charge is 0.377 e. The van der Waals surface area contributed by atoms with Gasteiger partial charge < -0.3 is 10.1 Å². The molecule has 1 rings (SSSR count). The molecule has 1 amide bonds. The van der Waals surface area contributed by atoms with Gasteiger partial charge in [0.2, 0.25) is 5.91 Å². The summed E-state index contributed by atoms with van der Waals surface area (Å²) < 4.78 is 5.05. The first kappa shape index (κ1) is 8.27. The van der Waals surface area contributed by atoms with Gasteiger partial charge in [0.1, 0.15) is 0 Å². The second-order valence-electron chi connectivity index (χ2n) is 2.66. The van der Waals surface area contributed by atoms with Crippen molar-refractivity contribution < 1.29 is 9.53 Å². The zero-order chi connectivity index (χ0) is 8.43. The molecule has 1 atom stereocenters. The standard InChI is InChI=1S/C8H13NO2/c1-5(8(10)9-2)6-4-7(6)11-3/h7H,4H2,1-3H3,(H,9,10). The van der Waals surface area contributed by atoms with Gasteiger partial charge >= 0.3 is 0 Å². The fourth-order valence-electron chi connectivity index (χ4n) is 1.09. The minimum Gasteiger partial charge on any atom is -0.377 e. The number of methoxy groups -OCH3 is 1. The Bertz CT molecular complexity index is 208. The highest BCUT2D eigenvalue weighted by molar-refractivity contribution is 5.94. The lowest BCUT2D eigenvalue weighted by Gasteiger charge is -1.97. The van der Waals surface area contributed by atoms with Gasteiger partial charge in [-0.25, -0.2) is 0 Å². The molecule has 1 saturated carbocycles. The van der Waals surface area contributed by atoms with Crippen molar-refractivity contribution in [2.45, 2.75) is 19.4 Å². The van der Waals surface area contributed by atoms with Crippen LogP contribution in [-0.2, 0) is 9.53 Å². The van der Waals surface area contributed by atoms with Crippen LogP contribution in [0, 0.1) is 0 Å². The van der Waals surface area contributed by atoms with Crippen LogP contribution in [0.25, 0.3) is 0 Å². The van der Waals surface area contributed by atoms with Gasteiger partial charge in [-0.1, -0.05) is 0 Å². The first-order valence-corrected chi connectivity index (χ1v) is 3.65. The Balaban J connectivity index is 2.61. The quantitative estimate of drug-likeness (QED) is 0.588. The van der Waals surface area contributed by atoms with Gasteiger partial charge in [-0.05, 0) is 12.5 Å². The number of ether oxygens (including phenoxy) is 1. The average Bonchev–Trinajstić information content (AvgIpc) is 2.80. The molecule has 0 aliphatic heterocycles. The molecule has 0 bridgehead atoms. The number of rotatable bonds is 2. The highest BCUT2D eigenvalue weighted by Crippen LogP contribution is 2.34.